The molecule has 3 unspecified atom stereocenters. The Morgan fingerprint density at radius 1 is 1.24 bits per heavy atom. The molecule has 1 aromatic carbocycles. The first-order valence-electron chi connectivity index (χ1n) is 10.6. The first kappa shape index (κ1) is 20.0. The SMILES string of the molecule is CC1CN(CC2CCCN2C(=O)CCc2nc3ccccc3c(=O)[nH]2)CC(C)O1. The molecule has 0 saturated carbocycles. The maximum Gasteiger partial charge on any atom is 0.258 e. The van der Waals surface area contributed by atoms with Crippen molar-refractivity contribution >= 4 is 16.8 Å². The fourth-order valence-electron chi connectivity index (χ4n) is 4.71. The van der Waals surface area contributed by atoms with Gasteiger partial charge in [0.15, 0.2) is 0 Å². The average molecular weight is 399 g/mol. The first-order valence-corrected chi connectivity index (χ1v) is 10.6. The molecular weight excluding hydrogens is 368 g/mol. The number of carbonyl (C=O) groups is 1. The Balaban J connectivity index is 1.37. The first-order chi connectivity index (χ1) is 14.0. The molecule has 1 N–H and O–H groups in total. The van der Waals surface area contributed by atoms with Crippen molar-refractivity contribution in [1.82, 2.24) is 19.8 Å². The third-order valence-electron chi connectivity index (χ3n) is 5.90. The van der Waals surface area contributed by atoms with Gasteiger partial charge in [0.1, 0.15) is 5.82 Å². The number of hydrogen-bond donors (Lipinski definition) is 1. The van der Waals surface area contributed by atoms with Crippen molar-refractivity contribution in [3.8, 4) is 0 Å². The summed E-state index contributed by atoms with van der Waals surface area (Å²) in [6.45, 7) is 7.79. The number of aromatic amines is 1. The number of ether oxygens (including phenoxy) is 1. The Morgan fingerprint density at radius 3 is 2.79 bits per heavy atom. The number of fused-ring (bicyclic) bond motifs is 1. The number of morpholine rings is 1. The van der Waals surface area contributed by atoms with Crippen LogP contribution in [0.15, 0.2) is 29.1 Å². The molecule has 2 fully saturated rings. The smallest absolute Gasteiger partial charge is 0.258 e. The van der Waals surface area contributed by atoms with Crippen LogP contribution in [-0.4, -0.2) is 70.1 Å². The Morgan fingerprint density at radius 2 is 2.00 bits per heavy atom. The molecule has 0 radical (unpaired) electrons. The summed E-state index contributed by atoms with van der Waals surface area (Å²) in [5.74, 6) is 0.728. The lowest BCUT2D eigenvalue weighted by atomic mass is 10.1. The van der Waals surface area contributed by atoms with Crippen LogP contribution in [-0.2, 0) is 16.0 Å². The van der Waals surface area contributed by atoms with Gasteiger partial charge in [-0.15, -0.1) is 0 Å². The van der Waals surface area contributed by atoms with Crippen LogP contribution in [0, 0.1) is 0 Å². The number of hydrogen-bond acceptors (Lipinski definition) is 5. The highest BCUT2D eigenvalue weighted by Gasteiger charge is 2.32. The lowest BCUT2D eigenvalue weighted by Gasteiger charge is -2.38. The highest BCUT2D eigenvalue weighted by atomic mass is 16.5. The van der Waals surface area contributed by atoms with Crippen molar-refractivity contribution in [2.45, 2.75) is 57.8 Å². The molecule has 1 amide bonds. The molecule has 4 rings (SSSR count). The van der Waals surface area contributed by atoms with E-state index in [1.54, 1.807) is 6.07 Å². The quantitative estimate of drug-likeness (QED) is 0.833. The fraction of sp³-hybridized carbons (Fsp3) is 0.591. The molecule has 3 heterocycles. The van der Waals surface area contributed by atoms with Crippen molar-refractivity contribution in [3.05, 3.63) is 40.4 Å². The van der Waals surface area contributed by atoms with E-state index in [0.717, 1.165) is 39.0 Å². The Bertz CT molecular complexity index is 918. The Hall–Kier alpha value is -2.25. The lowest BCUT2D eigenvalue weighted by molar-refractivity contribution is -0.133. The number of nitrogens with zero attached hydrogens (tertiary/aromatic N) is 3. The number of benzene rings is 1. The third kappa shape index (κ3) is 4.67. The van der Waals surface area contributed by atoms with Gasteiger partial charge in [-0.3, -0.25) is 14.5 Å². The molecule has 156 valence electrons. The molecule has 1 aromatic heterocycles. The highest BCUT2D eigenvalue weighted by molar-refractivity contribution is 5.78. The molecule has 7 heteroatoms. The minimum atomic E-state index is -0.146. The molecule has 2 aliphatic rings. The van der Waals surface area contributed by atoms with Crippen molar-refractivity contribution in [1.29, 1.82) is 0 Å². The van der Waals surface area contributed by atoms with Crippen molar-refractivity contribution in [2.24, 2.45) is 0 Å². The summed E-state index contributed by atoms with van der Waals surface area (Å²) in [5, 5.41) is 0.580. The van der Waals surface area contributed by atoms with Gasteiger partial charge in [-0.05, 0) is 38.8 Å². The van der Waals surface area contributed by atoms with E-state index >= 15 is 0 Å². The van der Waals surface area contributed by atoms with Crippen LogP contribution in [0.2, 0.25) is 0 Å². The van der Waals surface area contributed by atoms with Gasteiger partial charge in [0, 0.05) is 45.1 Å². The standard InChI is InChI=1S/C22H30N4O3/c1-15-12-25(13-16(2)29-15)14-17-6-5-11-26(17)21(27)10-9-20-23-19-8-4-3-7-18(19)22(28)24-20/h3-4,7-8,15-17H,5-6,9-14H2,1-2H3,(H,23,24,28). The van der Waals surface area contributed by atoms with Gasteiger partial charge in [-0.25, -0.2) is 4.98 Å². The van der Waals surface area contributed by atoms with Gasteiger partial charge >= 0.3 is 0 Å². The van der Waals surface area contributed by atoms with Crippen LogP contribution in [0.1, 0.15) is 38.9 Å². The van der Waals surface area contributed by atoms with Gasteiger partial charge < -0.3 is 14.6 Å². The summed E-state index contributed by atoms with van der Waals surface area (Å²) >= 11 is 0. The summed E-state index contributed by atoms with van der Waals surface area (Å²) in [4.78, 5) is 36.9. The number of carbonyl (C=O) groups excluding carboxylic acids is 1. The molecule has 7 nitrogen and oxygen atoms in total. The van der Waals surface area contributed by atoms with Gasteiger partial charge in [0.05, 0.1) is 23.1 Å². The van der Waals surface area contributed by atoms with Crippen molar-refractivity contribution in [2.75, 3.05) is 26.2 Å². The third-order valence-corrected chi connectivity index (χ3v) is 5.90. The van der Waals surface area contributed by atoms with E-state index in [2.05, 4.69) is 28.7 Å². The molecule has 0 aliphatic carbocycles. The lowest BCUT2D eigenvalue weighted by Crippen LogP contribution is -2.51. The van der Waals surface area contributed by atoms with E-state index in [0.29, 0.717) is 29.6 Å². The Kier molecular flexibility index (Phi) is 5.96. The molecular formula is C22H30N4O3. The van der Waals surface area contributed by atoms with E-state index in [1.807, 2.05) is 23.1 Å². The minimum Gasteiger partial charge on any atom is -0.373 e. The van der Waals surface area contributed by atoms with Crippen LogP contribution < -0.4 is 5.56 Å². The second-order valence-electron chi connectivity index (χ2n) is 8.39. The molecule has 0 bridgehead atoms. The van der Waals surface area contributed by atoms with Crippen LogP contribution in [0.4, 0.5) is 0 Å². The number of nitrogens with one attached hydrogen (secondary N) is 1. The molecule has 2 aliphatic heterocycles. The topological polar surface area (TPSA) is 78.5 Å². The zero-order chi connectivity index (χ0) is 20.4. The normalized spacial score (nSPS) is 25.6. The van der Waals surface area contributed by atoms with E-state index in [1.165, 1.54) is 0 Å². The van der Waals surface area contributed by atoms with Crippen molar-refractivity contribution in [3.63, 3.8) is 0 Å². The number of rotatable bonds is 5. The van der Waals surface area contributed by atoms with Gasteiger partial charge in [-0.1, -0.05) is 12.1 Å². The van der Waals surface area contributed by atoms with Crippen LogP contribution in [0.3, 0.4) is 0 Å². The second-order valence-corrected chi connectivity index (χ2v) is 8.39. The zero-order valence-corrected chi connectivity index (χ0v) is 17.3. The predicted molar refractivity (Wildman–Crippen MR) is 112 cm³/mol. The van der Waals surface area contributed by atoms with Crippen LogP contribution in [0.5, 0.6) is 0 Å². The number of aryl methyl sites for hydroxylation is 1. The number of likely N-dealkylation sites (tertiary alicyclic amines) is 1. The minimum absolute atomic E-state index is 0.146. The van der Waals surface area contributed by atoms with Crippen molar-refractivity contribution < 1.29 is 9.53 Å². The molecule has 2 saturated heterocycles. The van der Waals surface area contributed by atoms with Gasteiger partial charge in [0.2, 0.25) is 5.91 Å². The van der Waals surface area contributed by atoms with Gasteiger partial charge in [0.25, 0.3) is 5.56 Å². The highest BCUT2D eigenvalue weighted by Crippen LogP contribution is 2.22. The number of amides is 1. The largest absolute Gasteiger partial charge is 0.373 e. The number of para-hydroxylation sites is 1. The van der Waals surface area contributed by atoms with E-state index < -0.39 is 0 Å². The molecule has 3 atom stereocenters. The summed E-state index contributed by atoms with van der Waals surface area (Å²) in [7, 11) is 0. The Labute approximate surface area is 171 Å². The molecule has 29 heavy (non-hydrogen) atoms. The maximum absolute atomic E-state index is 12.9. The average Bonchev–Trinajstić information content (AvgIpc) is 3.13. The molecule has 2 aromatic rings. The number of aromatic nitrogens is 2. The monoisotopic (exact) mass is 398 g/mol. The van der Waals surface area contributed by atoms with E-state index in [9.17, 15) is 9.59 Å². The molecule has 0 spiro atoms. The maximum atomic E-state index is 12.9. The summed E-state index contributed by atoms with van der Waals surface area (Å²) < 4.78 is 5.82. The van der Waals surface area contributed by atoms with Crippen LogP contribution in [0.25, 0.3) is 10.9 Å². The zero-order valence-electron chi connectivity index (χ0n) is 17.3. The fourth-order valence-corrected chi connectivity index (χ4v) is 4.71. The van der Waals surface area contributed by atoms with Crippen LogP contribution >= 0.6 is 0 Å². The van der Waals surface area contributed by atoms with E-state index in [4.69, 9.17) is 4.74 Å². The van der Waals surface area contributed by atoms with E-state index in [-0.39, 0.29) is 29.7 Å². The summed E-state index contributed by atoms with van der Waals surface area (Å²) in [6.07, 6.45) is 3.40. The predicted octanol–water partition coefficient (Wildman–Crippen LogP) is 1.96. The number of H-pyrrole nitrogens is 1. The summed E-state index contributed by atoms with van der Waals surface area (Å²) in [6, 6.07) is 7.55. The van der Waals surface area contributed by atoms with Gasteiger partial charge in [-0.2, -0.15) is 0 Å². The summed E-state index contributed by atoms with van der Waals surface area (Å²) in [5.41, 5.74) is 0.529. The second kappa shape index (κ2) is 8.63.